The van der Waals surface area contributed by atoms with Crippen molar-refractivity contribution in [3.63, 3.8) is 0 Å². The lowest BCUT2D eigenvalue weighted by Gasteiger charge is -2.13. The molecule has 3 aromatic rings. The molecule has 1 heterocycles. The number of halogens is 1. The summed E-state index contributed by atoms with van der Waals surface area (Å²) in [6.45, 7) is 0. The molecule has 0 atom stereocenters. The second kappa shape index (κ2) is 8.98. The van der Waals surface area contributed by atoms with E-state index in [1.807, 2.05) is 6.07 Å². The number of hydrogen-bond acceptors (Lipinski definition) is 5. The van der Waals surface area contributed by atoms with E-state index in [-0.39, 0.29) is 21.8 Å². The molecule has 0 aliphatic rings. The topological polar surface area (TPSA) is 119 Å². The Morgan fingerprint density at radius 2 is 1.70 bits per heavy atom. The van der Waals surface area contributed by atoms with E-state index in [0.29, 0.717) is 11.1 Å². The molecule has 0 aliphatic carbocycles. The van der Waals surface area contributed by atoms with Gasteiger partial charge in [-0.25, -0.2) is 9.18 Å². The third-order valence-corrected chi connectivity index (χ3v) is 5.03. The highest BCUT2D eigenvalue weighted by Crippen LogP contribution is 2.30. The van der Waals surface area contributed by atoms with Crippen molar-refractivity contribution in [3.05, 3.63) is 70.2 Å². The fourth-order valence-corrected chi connectivity index (χ4v) is 3.51. The predicted molar refractivity (Wildman–Crippen MR) is 110 cm³/mol. The number of thiophene rings is 1. The maximum absolute atomic E-state index is 13.2. The standard InChI is InChI=1S/C21H14FN3O4S/c22-15-4-1-12(2-5-15)13-3-6-16(25-21(28)29)17(9-13)24-19(27)10-18(26)20-14(11-23)7-8-30-20/h1-9,25H,10H2,(H,24,27)(H,28,29). The quantitative estimate of drug-likeness (QED) is 0.391. The Morgan fingerprint density at radius 3 is 2.37 bits per heavy atom. The summed E-state index contributed by atoms with van der Waals surface area (Å²) in [6.07, 6.45) is -1.84. The van der Waals surface area contributed by atoms with Crippen LogP contribution in [0.5, 0.6) is 0 Å². The Kier molecular flexibility index (Phi) is 6.20. The Balaban J connectivity index is 1.84. The number of rotatable bonds is 6. The van der Waals surface area contributed by atoms with E-state index in [4.69, 9.17) is 10.4 Å². The summed E-state index contributed by atoms with van der Waals surface area (Å²) in [7, 11) is 0. The number of ketones is 1. The number of amides is 2. The average Bonchev–Trinajstić information content (AvgIpc) is 3.18. The van der Waals surface area contributed by atoms with E-state index in [1.54, 1.807) is 23.6 Å². The molecule has 0 radical (unpaired) electrons. The van der Waals surface area contributed by atoms with E-state index in [1.165, 1.54) is 30.3 Å². The Morgan fingerprint density at radius 1 is 1.00 bits per heavy atom. The molecule has 9 heteroatoms. The van der Waals surface area contributed by atoms with Crippen LogP contribution < -0.4 is 10.6 Å². The van der Waals surface area contributed by atoms with Gasteiger partial charge in [-0.3, -0.25) is 14.9 Å². The first-order valence-electron chi connectivity index (χ1n) is 8.58. The molecule has 0 aliphatic heterocycles. The van der Waals surface area contributed by atoms with Crippen LogP contribution in [0.2, 0.25) is 0 Å². The van der Waals surface area contributed by atoms with Crippen LogP contribution in [0.4, 0.5) is 20.6 Å². The normalized spacial score (nSPS) is 10.1. The Labute approximate surface area is 174 Å². The number of carbonyl (C=O) groups excluding carboxylic acids is 2. The summed E-state index contributed by atoms with van der Waals surface area (Å²) >= 11 is 1.07. The molecular weight excluding hydrogens is 409 g/mol. The molecule has 0 spiro atoms. The van der Waals surface area contributed by atoms with Crippen LogP contribution in [0, 0.1) is 17.1 Å². The summed E-state index contributed by atoms with van der Waals surface area (Å²) < 4.78 is 13.2. The lowest BCUT2D eigenvalue weighted by Crippen LogP contribution is -2.18. The molecule has 3 rings (SSSR count). The van der Waals surface area contributed by atoms with Crippen LogP contribution in [-0.4, -0.2) is 22.9 Å². The fraction of sp³-hybridized carbons (Fsp3) is 0.0476. The zero-order chi connectivity index (χ0) is 21.7. The number of nitrogens with one attached hydrogen (secondary N) is 2. The van der Waals surface area contributed by atoms with E-state index in [0.717, 1.165) is 11.3 Å². The number of Topliss-reactive ketones (excluding diaryl/α,β-unsaturated/α-hetero) is 1. The first-order valence-corrected chi connectivity index (χ1v) is 9.46. The van der Waals surface area contributed by atoms with Gasteiger partial charge in [0.25, 0.3) is 0 Å². The minimum absolute atomic E-state index is 0.114. The number of benzene rings is 2. The molecule has 0 fully saturated rings. The molecule has 150 valence electrons. The van der Waals surface area contributed by atoms with E-state index >= 15 is 0 Å². The summed E-state index contributed by atoms with van der Waals surface area (Å²) in [6, 6.07) is 13.6. The van der Waals surface area contributed by atoms with Gasteiger partial charge in [0, 0.05) is 0 Å². The van der Waals surface area contributed by atoms with Crippen molar-refractivity contribution in [3.8, 4) is 17.2 Å². The van der Waals surface area contributed by atoms with Gasteiger partial charge in [-0.1, -0.05) is 18.2 Å². The average molecular weight is 423 g/mol. The first kappa shape index (κ1) is 20.7. The summed E-state index contributed by atoms with van der Waals surface area (Å²) in [4.78, 5) is 36.0. The van der Waals surface area contributed by atoms with Gasteiger partial charge < -0.3 is 10.4 Å². The van der Waals surface area contributed by atoms with Crippen LogP contribution in [0.1, 0.15) is 21.7 Å². The van der Waals surface area contributed by atoms with Gasteiger partial charge in [0.05, 0.1) is 28.2 Å². The number of carbonyl (C=O) groups is 3. The molecule has 0 saturated heterocycles. The molecule has 1 aromatic heterocycles. The SMILES string of the molecule is N#Cc1ccsc1C(=O)CC(=O)Nc1cc(-c2ccc(F)cc2)ccc1NC(=O)O. The van der Waals surface area contributed by atoms with Crippen molar-refractivity contribution in [2.45, 2.75) is 6.42 Å². The molecule has 0 bridgehead atoms. The zero-order valence-electron chi connectivity index (χ0n) is 15.3. The first-order chi connectivity index (χ1) is 14.4. The van der Waals surface area contributed by atoms with E-state index < -0.39 is 30.0 Å². The van der Waals surface area contributed by atoms with E-state index in [9.17, 15) is 18.8 Å². The monoisotopic (exact) mass is 423 g/mol. The Hall–Kier alpha value is -4.03. The third-order valence-electron chi connectivity index (χ3n) is 4.07. The lowest BCUT2D eigenvalue weighted by atomic mass is 10.0. The van der Waals surface area contributed by atoms with Crippen LogP contribution in [0.3, 0.4) is 0 Å². The molecule has 3 N–H and O–H groups in total. The summed E-state index contributed by atoms with van der Waals surface area (Å²) in [5.41, 5.74) is 1.72. The van der Waals surface area contributed by atoms with Gasteiger partial charge in [-0.15, -0.1) is 11.3 Å². The Bertz CT molecular complexity index is 1170. The molecule has 7 nitrogen and oxygen atoms in total. The van der Waals surface area contributed by atoms with Crippen molar-refractivity contribution < 1.29 is 23.9 Å². The molecule has 2 aromatic carbocycles. The molecule has 0 unspecified atom stereocenters. The van der Waals surface area contributed by atoms with Crippen molar-refractivity contribution in [1.29, 1.82) is 5.26 Å². The van der Waals surface area contributed by atoms with Crippen molar-refractivity contribution in [2.75, 3.05) is 10.6 Å². The number of nitrogens with zero attached hydrogens (tertiary/aromatic N) is 1. The van der Waals surface area contributed by atoms with Gasteiger partial charge in [0.1, 0.15) is 11.9 Å². The van der Waals surface area contributed by atoms with Gasteiger partial charge >= 0.3 is 6.09 Å². The maximum Gasteiger partial charge on any atom is 0.409 e. The lowest BCUT2D eigenvalue weighted by molar-refractivity contribution is -0.115. The van der Waals surface area contributed by atoms with Crippen molar-refractivity contribution in [1.82, 2.24) is 0 Å². The minimum atomic E-state index is -1.33. The molecular formula is C21H14FN3O4S. The van der Waals surface area contributed by atoms with Gasteiger partial charge in [-0.05, 0) is 46.8 Å². The van der Waals surface area contributed by atoms with Crippen molar-refractivity contribution in [2.24, 2.45) is 0 Å². The number of nitriles is 1. The van der Waals surface area contributed by atoms with Gasteiger partial charge in [0.2, 0.25) is 5.91 Å². The summed E-state index contributed by atoms with van der Waals surface area (Å²) in [5, 5.41) is 24.3. The largest absolute Gasteiger partial charge is 0.465 e. The van der Waals surface area contributed by atoms with Crippen LogP contribution in [0.25, 0.3) is 11.1 Å². The van der Waals surface area contributed by atoms with Crippen LogP contribution in [0.15, 0.2) is 53.9 Å². The highest BCUT2D eigenvalue weighted by molar-refractivity contribution is 7.12. The van der Waals surface area contributed by atoms with E-state index in [2.05, 4.69) is 10.6 Å². The summed E-state index contributed by atoms with van der Waals surface area (Å²) in [5.74, 6) is -1.58. The maximum atomic E-state index is 13.2. The van der Waals surface area contributed by atoms with Crippen LogP contribution in [-0.2, 0) is 4.79 Å². The molecule has 0 saturated carbocycles. The smallest absolute Gasteiger partial charge is 0.409 e. The second-order valence-electron chi connectivity index (χ2n) is 6.12. The molecule has 2 amide bonds. The van der Waals surface area contributed by atoms with Gasteiger partial charge in [0.15, 0.2) is 5.78 Å². The fourth-order valence-electron chi connectivity index (χ4n) is 2.73. The molecule has 30 heavy (non-hydrogen) atoms. The zero-order valence-corrected chi connectivity index (χ0v) is 16.1. The highest BCUT2D eigenvalue weighted by Gasteiger charge is 2.18. The minimum Gasteiger partial charge on any atom is -0.465 e. The number of carboxylic acid groups (broad SMARTS) is 1. The predicted octanol–water partition coefficient (Wildman–Crippen LogP) is 4.73. The highest BCUT2D eigenvalue weighted by atomic mass is 32.1. The second-order valence-corrected chi connectivity index (χ2v) is 7.04. The number of hydrogen-bond donors (Lipinski definition) is 3. The van der Waals surface area contributed by atoms with Gasteiger partial charge in [-0.2, -0.15) is 5.26 Å². The van der Waals surface area contributed by atoms with Crippen LogP contribution >= 0.6 is 11.3 Å². The number of anilines is 2. The van der Waals surface area contributed by atoms with Crippen molar-refractivity contribution >= 4 is 40.5 Å². The third kappa shape index (κ3) is 4.87.